The molecule has 0 amide bonds. The lowest BCUT2D eigenvalue weighted by atomic mass is 10.2. The molecule has 0 saturated carbocycles. The van der Waals surface area contributed by atoms with Crippen molar-refractivity contribution in [2.45, 2.75) is 25.8 Å². The first kappa shape index (κ1) is 9.04. The highest BCUT2D eigenvalue weighted by atomic mass is 35.5. The SMILES string of the molecule is CC(N)CCc1cc(Cl)cs1. The first-order valence-corrected chi connectivity index (χ1v) is 4.92. The zero-order valence-electron chi connectivity index (χ0n) is 6.51. The van der Waals surface area contributed by atoms with Gasteiger partial charge in [0.05, 0.1) is 5.02 Å². The average Bonchev–Trinajstić information content (AvgIpc) is 2.31. The van der Waals surface area contributed by atoms with Gasteiger partial charge in [-0.2, -0.15) is 0 Å². The molecule has 1 aromatic heterocycles. The third-order valence-corrected chi connectivity index (χ3v) is 2.81. The molecule has 0 radical (unpaired) electrons. The van der Waals surface area contributed by atoms with Gasteiger partial charge in [-0.25, -0.2) is 0 Å². The number of nitrogens with two attached hydrogens (primary N) is 1. The number of hydrogen-bond acceptors (Lipinski definition) is 2. The third kappa shape index (κ3) is 3.23. The minimum atomic E-state index is 0.288. The molecule has 1 heterocycles. The molecule has 0 saturated heterocycles. The maximum Gasteiger partial charge on any atom is 0.0515 e. The van der Waals surface area contributed by atoms with Gasteiger partial charge in [0.2, 0.25) is 0 Å². The van der Waals surface area contributed by atoms with Crippen LogP contribution in [0.25, 0.3) is 0 Å². The van der Waals surface area contributed by atoms with E-state index in [0.29, 0.717) is 0 Å². The molecule has 0 bridgehead atoms. The first-order valence-electron chi connectivity index (χ1n) is 3.67. The van der Waals surface area contributed by atoms with Gasteiger partial charge in [-0.1, -0.05) is 11.6 Å². The van der Waals surface area contributed by atoms with E-state index < -0.39 is 0 Å². The molecule has 0 aliphatic rings. The number of rotatable bonds is 3. The summed E-state index contributed by atoms with van der Waals surface area (Å²) >= 11 is 7.46. The molecule has 0 fully saturated rings. The van der Waals surface area contributed by atoms with Crippen LogP contribution in [0.15, 0.2) is 11.4 Å². The molecule has 2 N–H and O–H groups in total. The summed E-state index contributed by atoms with van der Waals surface area (Å²) in [5, 5.41) is 2.80. The quantitative estimate of drug-likeness (QED) is 0.778. The Labute approximate surface area is 76.2 Å². The Balaban J connectivity index is 2.39. The highest BCUT2D eigenvalue weighted by molar-refractivity contribution is 7.10. The summed E-state index contributed by atoms with van der Waals surface area (Å²) in [5.41, 5.74) is 5.62. The molecule has 11 heavy (non-hydrogen) atoms. The maximum atomic E-state index is 5.75. The van der Waals surface area contributed by atoms with Crippen molar-refractivity contribution in [2.24, 2.45) is 5.73 Å². The molecule has 0 aliphatic heterocycles. The Bertz CT molecular complexity index is 220. The van der Waals surface area contributed by atoms with E-state index in [0.717, 1.165) is 17.9 Å². The monoisotopic (exact) mass is 189 g/mol. The van der Waals surface area contributed by atoms with E-state index in [2.05, 4.69) is 0 Å². The number of hydrogen-bond donors (Lipinski definition) is 1. The van der Waals surface area contributed by atoms with Crippen molar-refractivity contribution in [1.82, 2.24) is 0 Å². The lowest BCUT2D eigenvalue weighted by Gasteiger charge is -2.01. The molecule has 1 aromatic rings. The van der Waals surface area contributed by atoms with Crippen LogP contribution in [-0.2, 0) is 6.42 Å². The number of aryl methyl sites for hydroxylation is 1. The second-order valence-corrected chi connectivity index (χ2v) is 4.18. The van der Waals surface area contributed by atoms with Crippen LogP contribution in [0.1, 0.15) is 18.2 Å². The summed E-state index contributed by atoms with van der Waals surface area (Å²) in [6.45, 7) is 2.02. The Morgan fingerprint density at radius 2 is 2.45 bits per heavy atom. The topological polar surface area (TPSA) is 26.0 Å². The van der Waals surface area contributed by atoms with Gasteiger partial charge < -0.3 is 5.73 Å². The molecule has 0 aromatic carbocycles. The average molecular weight is 190 g/mol. The Morgan fingerprint density at radius 1 is 1.73 bits per heavy atom. The van der Waals surface area contributed by atoms with Crippen LogP contribution in [0.2, 0.25) is 5.02 Å². The minimum absolute atomic E-state index is 0.288. The van der Waals surface area contributed by atoms with Crippen LogP contribution in [0.3, 0.4) is 0 Å². The van der Waals surface area contributed by atoms with Crippen molar-refractivity contribution in [3.8, 4) is 0 Å². The molecular weight excluding hydrogens is 178 g/mol. The van der Waals surface area contributed by atoms with Gasteiger partial charge >= 0.3 is 0 Å². The van der Waals surface area contributed by atoms with Crippen molar-refractivity contribution in [2.75, 3.05) is 0 Å². The molecule has 3 heteroatoms. The Morgan fingerprint density at radius 3 is 2.91 bits per heavy atom. The zero-order valence-corrected chi connectivity index (χ0v) is 8.08. The van der Waals surface area contributed by atoms with Crippen molar-refractivity contribution in [3.63, 3.8) is 0 Å². The fourth-order valence-corrected chi connectivity index (χ4v) is 1.95. The normalized spacial score (nSPS) is 13.4. The number of thiophene rings is 1. The molecule has 1 atom stereocenters. The van der Waals surface area contributed by atoms with Gasteiger partial charge in [0.1, 0.15) is 0 Å². The van der Waals surface area contributed by atoms with E-state index in [1.165, 1.54) is 4.88 Å². The lowest BCUT2D eigenvalue weighted by molar-refractivity contribution is 0.670. The Hall–Kier alpha value is -0.0500. The summed E-state index contributed by atoms with van der Waals surface area (Å²) in [6, 6.07) is 2.30. The van der Waals surface area contributed by atoms with Gasteiger partial charge in [0.15, 0.2) is 0 Å². The highest BCUT2D eigenvalue weighted by Crippen LogP contribution is 2.20. The zero-order chi connectivity index (χ0) is 8.27. The van der Waals surface area contributed by atoms with Gasteiger partial charge in [0.25, 0.3) is 0 Å². The van der Waals surface area contributed by atoms with Gasteiger partial charge in [-0.15, -0.1) is 11.3 Å². The summed E-state index contributed by atoms with van der Waals surface area (Å²) in [6.07, 6.45) is 2.09. The van der Waals surface area contributed by atoms with Crippen LogP contribution in [0.5, 0.6) is 0 Å². The lowest BCUT2D eigenvalue weighted by Crippen LogP contribution is -2.14. The van der Waals surface area contributed by atoms with Gasteiger partial charge in [0, 0.05) is 16.3 Å². The number of halogens is 1. The molecule has 1 nitrogen and oxygen atoms in total. The van der Waals surface area contributed by atoms with E-state index in [4.69, 9.17) is 17.3 Å². The van der Waals surface area contributed by atoms with Crippen LogP contribution < -0.4 is 5.73 Å². The summed E-state index contributed by atoms with van der Waals surface area (Å²) < 4.78 is 0. The molecule has 62 valence electrons. The van der Waals surface area contributed by atoms with Crippen LogP contribution in [0, 0.1) is 0 Å². The van der Waals surface area contributed by atoms with Crippen molar-refractivity contribution >= 4 is 22.9 Å². The standard InChI is InChI=1S/C8H12ClNS/c1-6(10)2-3-8-4-7(9)5-11-8/h4-6H,2-3,10H2,1H3. The predicted octanol–water partition coefficient (Wildman–Crippen LogP) is 2.68. The van der Waals surface area contributed by atoms with E-state index in [9.17, 15) is 0 Å². The fraction of sp³-hybridized carbons (Fsp3) is 0.500. The van der Waals surface area contributed by atoms with Gasteiger partial charge in [-0.3, -0.25) is 0 Å². The second-order valence-electron chi connectivity index (χ2n) is 2.75. The minimum Gasteiger partial charge on any atom is -0.328 e. The second kappa shape index (κ2) is 4.10. The van der Waals surface area contributed by atoms with Crippen molar-refractivity contribution < 1.29 is 0 Å². The smallest absolute Gasteiger partial charge is 0.0515 e. The van der Waals surface area contributed by atoms with E-state index >= 15 is 0 Å². The molecule has 0 spiro atoms. The van der Waals surface area contributed by atoms with Crippen LogP contribution in [0.4, 0.5) is 0 Å². The van der Waals surface area contributed by atoms with Crippen LogP contribution in [-0.4, -0.2) is 6.04 Å². The maximum absolute atomic E-state index is 5.75. The van der Waals surface area contributed by atoms with E-state index in [1.807, 2.05) is 18.4 Å². The van der Waals surface area contributed by atoms with Crippen LogP contribution >= 0.6 is 22.9 Å². The highest BCUT2D eigenvalue weighted by Gasteiger charge is 1.99. The van der Waals surface area contributed by atoms with Crippen molar-refractivity contribution in [1.29, 1.82) is 0 Å². The summed E-state index contributed by atoms with van der Waals surface area (Å²) in [7, 11) is 0. The van der Waals surface area contributed by atoms with E-state index in [1.54, 1.807) is 11.3 Å². The van der Waals surface area contributed by atoms with Crippen molar-refractivity contribution in [3.05, 3.63) is 21.3 Å². The fourth-order valence-electron chi connectivity index (χ4n) is 0.855. The molecule has 1 unspecified atom stereocenters. The predicted molar refractivity (Wildman–Crippen MR) is 51.3 cm³/mol. The largest absolute Gasteiger partial charge is 0.328 e. The van der Waals surface area contributed by atoms with Gasteiger partial charge in [-0.05, 0) is 25.8 Å². The molecule has 1 rings (SSSR count). The third-order valence-electron chi connectivity index (χ3n) is 1.47. The summed E-state index contributed by atoms with van der Waals surface area (Å²) in [5.74, 6) is 0. The molecular formula is C8H12ClNS. The Kier molecular flexibility index (Phi) is 3.37. The van der Waals surface area contributed by atoms with E-state index in [-0.39, 0.29) is 6.04 Å². The molecule has 0 aliphatic carbocycles. The summed E-state index contributed by atoms with van der Waals surface area (Å²) in [4.78, 5) is 1.33. The first-order chi connectivity index (χ1) is 5.18.